The third-order valence-corrected chi connectivity index (χ3v) is 2.27. The van der Waals surface area contributed by atoms with Crippen LogP contribution in [0.4, 0.5) is 8.78 Å². The zero-order valence-electron chi connectivity index (χ0n) is 8.45. The van der Waals surface area contributed by atoms with Crippen LogP contribution in [0.3, 0.4) is 0 Å². The molecule has 0 fully saturated rings. The summed E-state index contributed by atoms with van der Waals surface area (Å²) in [5, 5.41) is 17.3. The second-order valence-corrected chi connectivity index (χ2v) is 3.41. The van der Waals surface area contributed by atoms with Crippen molar-refractivity contribution in [1.82, 2.24) is 4.98 Å². The molecule has 0 aromatic carbocycles. The summed E-state index contributed by atoms with van der Waals surface area (Å²) in [7, 11) is 0. The molecule has 1 aromatic heterocycles. The van der Waals surface area contributed by atoms with Crippen molar-refractivity contribution in [3.8, 4) is 6.07 Å². The molecule has 0 atom stereocenters. The minimum atomic E-state index is -2.90. The van der Waals surface area contributed by atoms with Gasteiger partial charge in [-0.05, 0) is 6.07 Å². The largest absolute Gasteiger partial charge is 0.481 e. The molecule has 1 aromatic rings. The summed E-state index contributed by atoms with van der Waals surface area (Å²) in [5.74, 6) is -1.48. The van der Waals surface area contributed by atoms with Crippen molar-refractivity contribution in [2.24, 2.45) is 0 Å². The first-order valence-electron chi connectivity index (χ1n) is 4.48. The summed E-state index contributed by atoms with van der Waals surface area (Å²) < 4.78 is 25.3. The fourth-order valence-electron chi connectivity index (χ4n) is 1.31. The number of hydrogen-bond donors (Lipinski definition) is 1. The van der Waals surface area contributed by atoms with Gasteiger partial charge in [-0.25, -0.2) is 8.78 Å². The van der Waals surface area contributed by atoms with Crippen molar-refractivity contribution in [3.05, 3.63) is 28.6 Å². The number of nitriles is 1. The first kappa shape index (κ1) is 13.3. The number of pyridine rings is 1. The highest BCUT2D eigenvalue weighted by Gasteiger charge is 2.20. The summed E-state index contributed by atoms with van der Waals surface area (Å²) in [6.45, 7) is 0. The number of halogens is 3. The molecule has 1 heterocycles. The molecule has 17 heavy (non-hydrogen) atoms. The van der Waals surface area contributed by atoms with Crippen LogP contribution in [-0.2, 0) is 17.1 Å². The van der Waals surface area contributed by atoms with Crippen molar-refractivity contribution < 1.29 is 18.7 Å². The summed E-state index contributed by atoms with van der Waals surface area (Å²) >= 11 is 5.48. The van der Waals surface area contributed by atoms with E-state index in [1.54, 1.807) is 6.07 Å². The number of aromatic nitrogens is 1. The van der Waals surface area contributed by atoms with Crippen LogP contribution in [0, 0.1) is 11.3 Å². The van der Waals surface area contributed by atoms with Gasteiger partial charge >= 0.3 is 5.97 Å². The Kier molecular flexibility index (Phi) is 4.35. The predicted molar refractivity (Wildman–Crippen MR) is 54.8 cm³/mol. The molecule has 0 spiro atoms. The lowest BCUT2D eigenvalue weighted by Gasteiger charge is -2.09. The summed E-state index contributed by atoms with van der Waals surface area (Å²) in [4.78, 5) is 14.0. The fourth-order valence-corrected chi connectivity index (χ4v) is 1.59. The van der Waals surface area contributed by atoms with Crippen molar-refractivity contribution in [3.63, 3.8) is 0 Å². The maximum absolute atomic E-state index is 12.7. The standard InChI is InChI=1S/C10H7ClF2N2O2/c11-3-7-5(4-14)1-6(2-8(16)17)15-9(7)10(12)13/h1,10H,2-3H2,(H,16,17). The van der Waals surface area contributed by atoms with Crippen molar-refractivity contribution in [2.45, 2.75) is 18.7 Å². The van der Waals surface area contributed by atoms with Gasteiger partial charge in [0.1, 0.15) is 5.69 Å². The molecule has 1 N–H and O–H groups in total. The topological polar surface area (TPSA) is 74.0 Å². The number of alkyl halides is 3. The number of nitrogens with zero attached hydrogens (tertiary/aromatic N) is 2. The Balaban J connectivity index is 3.36. The molecule has 0 saturated carbocycles. The number of aliphatic carboxylic acids is 1. The van der Waals surface area contributed by atoms with Crippen LogP contribution >= 0.6 is 11.6 Å². The highest BCUT2D eigenvalue weighted by Crippen LogP contribution is 2.25. The maximum Gasteiger partial charge on any atom is 0.309 e. The molecule has 7 heteroatoms. The summed E-state index contributed by atoms with van der Waals surface area (Å²) in [6, 6.07) is 2.87. The minimum absolute atomic E-state index is 0.0571. The molecule has 0 unspecified atom stereocenters. The van der Waals surface area contributed by atoms with Crippen LogP contribution in [0.25, 0.3) is 0 Å². The van der Waals surface area contributed by atoms with Crippen LogP contribution in [-0.4, -0.2) is 16.1 Å². The molecule has 1 rings (SSSR count). The molecule has 0 aliphatic rings. The second kappa shape index (κ2) is 5.55. The number of hydrogen-bond acceptors (Lipinski definition) is 3. The van der Waals surface area contributed by atoms with E-state index in [-0.39, 0.29) is 22.7 Å². The summed E-state index contributed by atoms with van der Waals surface area (Å²) in [5.41, 5.74) is -0.839. The average Bonchev–Trinajstić information content (AvgIpc) is 2.26. The van der Waals surface area contributed by atoms with E-state index in [0.29, 0.717) is 0 Å². The lowest BCUT2D eigenvalue weighted by atomic mass is 10.1. The molecule has 0 bridgehead atoms. The van der Waals surface area contributed by atoms with Crippen molar-refractivity contribution >= 4 is 17.6 Å². The smallest absolute Gasteiger partial charge is 0.309 e. The predicted octanol–water partition coefficient (Wildman–Crippen LogP) is 2.26. The van der Waals surface area contributed by atoms with Crippen LogP contribution in [0.2, 0.25) is 0 Å². The number of carboxylic acid groups (broad SMARTS) is 1. The lowest BCUT2D eigenvalue weighted by molar-refractivity contribution is -0.136. The Morgan fingerprint density at radius 3 is 2.71 bits per heavy atom. The first-order chi connectivity index (χ1) is 7.99. The zero-order chi connectivity index (χ0) is 13.0. The van der Waals surface area contributed by atoms with Gasteiger partial charge in [0.15, 0.2) is 0 Å². The number of carboxylic acids is 1. The molecule has 4 nitrogen and oxygen atoms in total. The van der Waals surface area contributed by atoms with Gasteiger partial charge < -0.3 is 5.11 Å². The van der Waals surface area contributed by atoms with Crippen molar-refractivity contribution in [2.75, 3.05) is 0 Å². The molecule has 0 radical (unpaired) electrons. The van der Waals surface area contributed by atoms with Gasteiger partial charge in [-0.1, -0.05) is 0 Å². The molecular formula is C10H7ClF2N2O2. The minimum Gasteiger partial charge on any atom is -0.481 e. The monoisotopic (exact) mass is 260 g/mol. The third-order valence-electron chi connectivity index (χ3n) is 2.00. The Morgan fingerprint density at radius 1 is 1.65 bits per heavy atom. The first-order valence-corrected chi connectivity index (χ1v) is 5.01. The van der Waals surface area contributed by atoms with Gasteiger partial charge in [-0.2, -0.15) is 5.26 Å². The highest BCUT2D eigenvalue weighted by molar-refractivity contribution is 6.17. The SMILES string of the molecule is N#Cc1cc(CC(=O)O)nc(C(F)F)c1CCl. The lowest BCUT2D eigenvalue weighted by Crippen LogP contribution is -2.08. The normalized spacial score (nSPS) is 10.3. The zero-order valence-corrected chi connectivity index (χ0v) is 9.21. The van der Waals surface area contributed by atoms with Crippen LogP contribution in [0.15, 0.2) is 6.07 Å². The molecule has 0 saturated heterocycles. The van der Waals surface area contributed by atoms with Gasteiger partial charge in [-0.3, -0.25) is 9.78 Å². The second-order valence-electron chi connectivity index (χ2n) is 3.14. The quantitative estimate of drug-likeness (QED) is 0.843. The Morgan fingerprint density at radius 2 is 2.29 bits per heavy atom. The Bertz CT molecular complexity index is 486. The van der Waals surface area contributed by atoms with Gasteiger partial charge in [0.25, 0.3) is 6.43 Å². The highest BCUT2D eigenvalue weighted by atomic mass is 35.5. The van der Waals surface area contributed by atoms with Gasteiger partial charge in [0, 0.05) is 5.56 Å². The molecule has 90 valence electrons. The van der Waals surface area contributed by atoms with E-state index in [1.807, 2.05) is 0 Å². The third kappa shape index (κ3) is 3.11. The van der Waals surface area contributed by atoms with Crippen molar-refractivity contribution in [1.29, 1.82) is 5.26 Å². The van der Waals surface area contributed by atoms with E-state index in [4.69, 9.17) is 22.0 Å². The maximum atomic E-state index is 12.7. The van der Waals surface area contributed by atoms with E-state index in [9.17, 15) is 13.6 Å². The van der Waals surface area contributed by atoms with Crippen LogP contribution < -0.4 is 0 Å². The van der Waals surface area contributed by atoms with E-state index in [0.717, 1.165) is 6.07 Å². The molecule has 0 amide bonds. The Labute approximate surface area is 100 Å². The Hall–Kier alpha value is -1.74. The van der Waals surface area contributed by atoms with Crippen LogP contribution in [0.1, 0.15) is 28.9 Å². The molecular weight excluding hydrogens is 254 g/mol. The van der Waals surface area contributed by atoms with Gasteiger partial charge in [0.2, 0.25) is 0 Å². The van der Waals surface area contributed by atoms with E-state index in [1.165, 1.54) is 0 Å². The van der Waals surface area contributed by atoms with Gasteiger partial charge in [-0.15, -0.1) is 11.6 Å². The molecule has 0 aliphatic carbocycles. The number of carbonyl (C=O) groups is 1. The van der Waals surface area contributed by atoms with Gasteiger partial charge in [0.05, 0.1) is 29.6 Å². The fraction of sp³-hybridized carbons (Fsp3) is 0.300. The molecule has 0 aliphatic heterocycles. The van der Waals surface area contributed by atoms with E-state index < -0.39 is 24.5 Å². The van der Waals surface area contributed by atoms with Crippen LogP contribution in [0.5, 0.6) is 0 Å². The van der Waals surface area contributed by atoms with E-state index >= 15 is 0 Å². The average molecular weight is 261 g/mol. The number of rotatable bonds is 4. The summed E-state index contributed by atoms with van der Waals surface area (Å²) in [6.07, 6.45) is -3.42. The van der Waals surface area contributed by atoms with E-state index in [2.05, 4.69) is 4.98 Å².